The summed E-state index contributed by atoms with van der Waals surface area (Å²) in [5.41, 5.74) is 9.47. The van der Waals surface area contributed by atoms with Crippen molar-refractivity contribution < 1.29 is 0 Å². The summed E-state index contributed by atoms with van der Waals surface area (Å²) in [5, 5.41) is 8.13. The molecule has 1 atom stereocenters. The number of aromatic nitrogens is 2. The predicted molar refractivity (Wildman–Crippen MR) is 101 cm³/mol. The Bertz CT molecular complexity index is 767. The molecular weight excluding hydrogens is 322 g/mol. The van der Waals surface area contributed by atoms with Crippen molar-refractivity contribution in [2.24, 2.45) is 17.8 Å². The van der Waals surface area contributed by atoms with E-state index in [1.54, 1.807) is 17.0 Å². The second kappa shape index (κ2) is 7.95. The average molecular weight is 344 g/mol. The van der Waals surface area contributed by atoms with E-state index in [0.29, 0.717) is 16.4 Å². The lowest BCUT2D eigenvalue weighted by Gasteiger charge is -2.22. The van der Waals surface area contributed by atoms with Crippen LogP contribution in [0.5, 0.6) is 0 Å². The summed E-state index contributed by atoms with van der Waals surface area (Å²) in [5.74, 6) is 0.731. The molecule has 1 heterocycles. The minimum Gasteiger partial charge on any atom is -0.402 e. The second-order valence-corrected chi connectivity index (χ2v) is 5.82. The largest absolute Gasteiger partial charge is 0.402 e. The van der Waals surface area contributed by atoms with Gasteiger partial charge in [0, 0.05) is 29.4 Å². The summed E-state index contributed by atoms with van der Waals surface area (Å²) in [6, 6.07) is 9.36. The number of rotatable bonds is 6. The van der Waals surface area contributed by atoms with Crippen molar-refractivity contribution in [1.82, 2.24) is 15.1 Å². The fourth-order valence-corrected chi connectivity index (χ4v) is 2.65. The topological polar surface area (TPSA) is 68.2 Å². The highest BCUT2D eigenvalue weighted by atomic mass is 35.5. The van der Waals surface area contributed by atoms with Crippen LogP contribution >= 0.6 is 11.6 Å². The van der Waals surface area contributed by atoms with Gasteiger partial charge in [-0.25, -0.2) is 4.99 Å². The summed E-state index contributed by atoms with van der Waals surface area (Å²) in [6.45, 7) is 5.76. The van der Waals surface area contributed by atoms with E-state index in [1.165, 1.54) is 0 Å². The Labute approximate surface area is 147 Å². The van der Waals surface area contributed by atoms with Gasteiger partial charge in [-0.2, -0.15) is 5.10 Å². The van der Waals surface area contributed by atoms with Crippen molar-refractivity contribution in [3.05, 3.63) is 71.0 Å². The highest BCUT2D eigenvalue weighted by Crippen LogP contribution is 2.27. The number of allylic oxidation sites excluding steroid dienone is 2. The van der Waals surface area contributed by atoms with Gasteiger partial charge in [0.25, 0.3) is 0 Å². The Morgan fingerprint density at radius 2 is 2.04 bits per heavy atom. The summed E-state index contributed by atoms with van der Waals surface area (Å²) in [4.78, 5) is 4.67. The number of nitrogens with one attached hydrogen (secondary N) is 1. The zero-order chi connectivity index (χ0) is 17.7. The van der Waals surface area contributed by atoms with Crippen molar-refractivity contribution in [1.29, 1.82) is 0 Å². The molecule has 0 aliphatic heterocycles. The van der Waals surface area contributed by atoms with E-state index in [-0.39, 0.29) is 6.04 Å². The molecule has 2 rings (SSSR count). The fraction of sp³-hybridized carbons (Fsp3) is 0.222. The third-order valence-electron chi connectivity index (χ3n) is 3.70. The maximum atomic E-state index is 6.19. The molecule has 0 spiro atoms. The number of aliphatic imine (C=N–C) groups is 1. The number of nitrogens with two attached hydrogens (primary N) is 1. The van der Waals surface area contributed by atoms with Gasteiger partial charge >= 0.3 is 0 Å². The minimum atomic E-state index is -0.128. The number of aryl methyl sites for hydroxylation is 1. The first-order valence-electron chi connectivity index (χ1n) is 7.56. The molecule has 24 heavy (non-hydrogen) atoms. The predicted octanol–water partition coefficient (Wildman–Crippen LogP) is 3.53. The van der Waals surface area contributed by atoms with Crippen molar-refractivity contribution in [3.8, 4) is 0 Å². The van der Waals surface area contributed by atoms with Crippen LogP contribution < -0.4 is 11.1 Å². The zero-order valence-corrected chi connectivity index (χ0v) is 14.9. The highest BCUT2D eigenvalue weighted by Gasteiger charge is 2.20. The van der Waals surface area contributed by atoms with Crippen molar-refractivity contribution in [3.63, 3.8) is 0 Å². The first kappa shape index (κ1) is 18.0. The quantitative estimate of drug-likeness (QED) is 0.788. The molecule has 1 aromatic heterocycles. The van der Waals surface area contributed by atoms with E-state index in [2.05, 4.69) is 22.0 Å². The molecule has 0 aliphatic rings. The first-order chi connectivity index (χ1) is 11.5. The molecule has 6 heteroatoms. The monoisotopic (exact) mass is 343 g/mol. The molecule has 0 fully saturated rings. The molecule has 126 valence electrons. The Balaban J connectivity index is 2.52. The SMILES string of the molecule is C=CC(=Nc1ccnn1C)C(=C(C)N)C(NC)c1ccc(Cl)cc1. The van der Waals surface area contributed by atoms with Gasteiger partial charge in [-0.1, -0.05) is 30.3 Å². The highest BCUT2D eigenvalue weighted by molar-refractivity contribution is 6.30. The van der Waals surface area contributed by atoms with Gasteiger partial charge in [-0.05, 0) is 37.7 Å². The first-order valence-corrected chi connectivity index (χ1v) is 7.94. The number of hydrogen-bond donors (Lipinski definition) is 2. The van der Waals surface area contributed by atoms with E-state index >= 15 is 0 Å². The van der Waals surface area contributed by atoms with Crippen LogP contribution in [0.3, 0.4) is 0 Å². The van der Waals surface area contributed by atoms with Crippen LogP contribution in [0.2, 0.25) is 5.02 Å². The number of hydrogen-bond acceptors (Lipinski definition) is 4. The average Bonchev–Trinajstić information content (AvgIpc) is 2.96. The third-order valence-corrected chi connectivity index (χ3v) is 3.96. The van der Waals surface area contributed by atoms with Crippen LogP contribution in [-0.2, 0) is 7.05 Å². The van der Waals surface area contributed by atoms with Gasteiger partial charge in [0.05, 0.1) is 18.0 Å². The number of likely N-dealkylation sites (N-methyl/N-ethyl adjacent to an activating group) is 1. The Morgan fingerprint density at radius 1 is 1.38 bits per heavy atom. The molecule has 1 aromatic carbocycles. The summed E-state index contributed by atoms with van der Waals surface area (Å²) >= 11 is 6.00. The Hall–Kier alpha value is -2.37. The summed E-state index contributed by atoms with van der Waals surface area (Å²) in [7, 11) is 3.72. The van der Waals surface area contributed by atoms with Crippen molar-refractivity contribution >= 4 is 23.1 Å². The fourth-order valence-electron chi connectivity index (χ4n) is 2.53. The van der Waals surface area contributed by atoms with Crippen LogP contribution in [-0.4, -0.2) is 22.5 Å². The standard InChI is InChI=1S/C18H22ClN5/c1-5-15(23-16-10-11-22-24(16)4)17(12(2)20)18(21-3)13-6-8-14(19)9-7-13/h5-11,18,21H,1,20H2,2-4H3. The molecule has 0 amide bonds. The minimum absolute atomic E-state index is 0.128. The van der Waals surface area contributed by atoms with Gasteiger partial charge in [-0.15, -0.1) is 0 Å². The second-order valence-electron chi connectivity index (χ2n) is 5.38. The maximum Gasteiger partial charge on any atom is 0.150 e. The van der Waals surface area contributed by atoms with E-state index < -0.39 is 0 Å². The van der Waals surface area contributed by atoms with E-state index in [4.69, 9.17) is 17.3 Å². The van der Waals surface area contributed by atoms with Crippen LogP contribution in [0.4, 0.5) is 5.82 Å². The molecule has 2 aromatic rings. The lowest BCUT2D eigenvalue weighted by atomic mass is 9.93. The van der Waals surface area contributed by atoms with Crippen LogP contribution in [0.25, 0.3) is 0 Å². The summed E-state index contributed by atoms with van der Waals surface area (Å²) in [6.07, 6.45) is 3.41. The van der Waals surface area contributed by atoms with Gasteiger partial charge in [-0.3, -0.25) is 4.68 Å². The van der Waals surface area contributed by atoms with Crippen LogP contribution in [0.1, 0.15) is 18.5 Å². The van der Waals surface area contributed by atoms with Crippen LogP contribution in [0.15, 0.2) is 65.4 Å². The Morgan fingerprint density at radius 3 is 2.50 bits per heavy atom. The normalized spacial score (nSPS) is 14.2. The van der Waals surface area contributed by atoms with Gasteiger partial charge in [0.2, 0.25) is 0 Å². The van der Waals surface area contributed by atoms with Gasteiger partial charge in [0.1, 0.15) is 0 Å². The molecule has 0 bridgehead atoms. The summed E-state index contributed by atoms with van der Waals surface area (Å²) < 4.78 is 1.70. The number of benzene rings is 1. The molecule has 5 nitrogen and oxygen atoms in total. The molecular formula is C18H22ClN5. The van der Waals surface area contributed by atoms with E-state index in [0.717, 1.165) is 17.0 Å². The molecule has 1 unspecified atom stereocenters. The van der Waals surface area contributed by atoms with Crippen LogP contribution in [0, 0.1) is 0 Å². The molecule has 0 saturated carbocycles. The third kappa shape index (κ3) is 3.93. The molecule has 0 radical (unpaired) electrons. The van der Waals surface area contributed by atoms with Gasteiger partial charge < -0.3 is 11.1 Å². The number of nitrogens with zero attached hydrogens (tertiary/aromatic N) is 3. The van der Waals surface area contributed by atoms with Gasteiger partial charge in [0.15, 0.2) is 5.82 Å². The van der Waals surface area contributed by atoms with E-state index in [9.17, 15) is 0 Å². The molecule has 0 aliphatic carbocycles. The number of halogens is 1. The van der Waals surface area contributed by atoms with Crippen molar-refractivity contribution in [2.75, 3.05) is 7.05 Å². The lowest BCUT2D eigenvalue weighted by Crippen LogP contribution is -2.25. The van der Waals surface area contributed by atoms with Crippen molar-refractivity contribution in [2.45, 2.75) is 13.0 Å². The zero-order valence-electron chi connectivity index (χ0n) is 14.1. The van der Waals surface area contributed by atoms with E-state index in [1.807, 2.05) is 51.4 Å². The maximum absolute atomic E-state index is 6.19. The molecule has 0 saturated heterocycles. The molecule has 3 N–H and O–H groups in total. The Kier molecular flexibility index (Phi) is 5.95. The smallest absolute Gasteiger partial charge is 0.150 e. The lowest BCUT2D eigenvalue weighted by molar-refractivity contribution is 0.690.